The average molecular weight is 189 g/mol. The fraction of sp³-hybridized carbons (Fsp3) is 0.333. The van der Waals surface area contributed by atoms with Crippen molar-refractivity contribution in [3.63, 3.8) is 0 Å². The fourth-order valence-corrected chi connectivity index (χ4v) is 1.69. The van der Waals surface area contributed by atoms with Crippen LogP contribution >= 0.6 is 0 Å². The first-order valence-electron chi connectivity index (χ1n) is 4.96. The summed E-state index contributed by atoms with van der Waals surface area (Å²) in [4.78, 5) is 0. The van der Waals surface area contributed by atoms with Gasteiger partial charge in [-0.2, -0.15) is 0 Å². The van der Waals surface area contributed by atoms with Gasteiger partial charge >= 0.3 is 0 Å². The van der Waals surface area contributed by atoms with Crippen LogP contribution in [0.2, 0.25) is 0 Å². The quantitative estimate of drug-likeness (QED) is 0.787. The van der Waals surface area contributed by atoms with E-state index in [1.807, 2.05) is 12.1 Å². The van der Waals surface area contributed by atoms with Crippen LogP contribution in [0, 0.1) is 5.92 Å². The minimum atomic E-state index is 0.243. The third kappa shape index (κ3) is 1.66. The molecule has 2 nitrogen and oxygen atoms in total. The topological polar surface area (TPSA) is 25.2 Å². The Labute approximate surface area is 83.8 Å². The van der Waals surface area contributed by atoms with Crippen molar-refractivity contribution < 1.29 is 5.11 Å². The number of aliphatic hydroxyl groups excluding tert-OH is 1. The first-order chi connectivity index (χ1) is 6.81. The molecule has 0 radical (unpaired) electrons. The molecule has 0 fully saturated rings. The molecule has 2 rings (SSSR count). The second-order valence-corrected chi connectivity index (χ2v) is 3.81. The Hall–Kier alpha value is -1.28. The lowest BCUT2D eigenvalue weighted by Crippen LogP contribution is -2.09. The first kappa shape index (κ1) is 9.28. The summed E-state index contributed by atoms with van der Waals surface area (Å²) in [6.45, 7) is 3.17. The highest BCUT2D eigenvalue weighted by atomic mass is 16.3. The van der Waals surface area contributed by atoms with E-state index in [-0.39, 0.29) is 6.61 Å². The predicted octanol–water partition coefficient (Wildman–Crippen LogP) is 2.27. The van der Waals surface area contributed by atoms with Crippen LogP contribution in [0.3, 0.4) is 0 Å². The van der Waals surface area contributed by atoms with Crippen LogP contribution in [0.25, 0.3) is 10.9 Å². The van der Waals surface area contributed by atoms with Crippen molar-refractivity contribution in [1.29, 1.82) is 0 Å². The molecular weight excluding hydrogens is 174 g/mol. The van der Waals surface area contributed by atoms with Crippen LogP contribution in [0.15, 0.2) is 36.5 Å². The molecule has 0 saturated carbocycles. The van der Waals surface area contributed by atoms with Gasteiger partial charge in [0.1, 0.15) is 0 Å². The molecule has 1 atom stereocenters. The van der Waals surface area contributed by atoms with E-state index in [1.54, 1.807) is 0 Å². The molecule has 1 unspecified atom stereocenters. The average Bonchev–Trinajstić information content (AvgIpc) is 2.62. The van der Waals surface area contributed by atoms with Crippen LogP contribution in [-0.2, 0) is 6.54 Å². The van der Waals surface area contributed by atoms with Gasteiger partial charge in [-0.15, -0.1) is 0 Å². The second kappa shape index (κ2) is 3.84. The van der Waals surface area contributed by atoms with Crippen molar-refractivity contribution in [2.45, 2.75) is 13.5 Å². The SMILES string of the molecule is CC(CO)Cn1ccc2ccccc21. The molecule has 0 bridgehead atoms. The number of fused-ring (bicyclic) bond motifs is 1. The van der Waals surface area contributed by atoms with Crippen LogP contribution in [0.4, 0.5) is 0 Å². The van der Waals surface area contributed by atoms with E-state index >= 15 is 0 Å². The van der Waals surface area contributed by atoms with Crippen LogP contribution in [0.5, 0.6) is 0 Å². The zero-order valence-electron chi connectivity index (χ0n) is 8.35. The molecule has 1 heterocycles. The normalized spacial score (nSPS) is 13.3. The lowest BCUT2D eigenvalue weighted by Gasteiger charge is -2.10. The lowest BCUT2D eigenvalue weighted by molar-refractivity contribution is 0.224. The molecule has 1 aromatic heterocycles. The Morgan fingerprint density at radius 1 is 1.29 bits per heavy atom. The largest absolute Gasteiger partial charge is 0.396 e. The number of aliphatic hydroxyl groups is 1. The van der Waals surface area contributed by atoms with E-state index < -0.39 is 0 Å². The minimum Gasteiger partial charge on any atom is -0.396 e. The maximum Gasteiger partial charge on any atom is 0.0480 e. The van der Waals surface area contributed by atoms with E-state index in [0.717, 1.165) is 6.54 Å². The standard InChI is InChI=1S/C12H15NO/c1-10(9-14)8-13-7-6-11-4-2-3-5-12(11)13/h2-7,10,14H,8-9H2,1H3. The maximum atomic E-state index is 8.99. The molecule has 0 aliphatic carbocycles. The molecule has 0 aliphatic rings. The number of nitrogens with zero attached hydrogens (tertiary/aromatic N) is 1. The minimum absolute atomic E-state index is 0.243. The number of benzene rings is 1. The Morgan fingerprint density at radius 3 is 2.86 bits per heavy atom. The number of para-hydroxylation sites is 1. The Balaban J connectivity index is 2.33. The summed E-state index contributed by atoms with van der Waals surface area (Å²) >= 11 is 0. The number of hydrogen-bond donors (Lipinski definition) is 1. The highest BCUT2D eigenvalue weighted by Crippen LogP contribution is 2.16. The third-order valence-corrected chi connectivity index (χ3v) is 2.50. The number of hydrogen-bond acceptors (Lipinski definition) is 1. The van der Waals surface area contributed by atoms with Gasteiger partial charge in [0.25, 0.3) is 0 Å². The zero-order valence-corrected chi connectivity index (χ0v) is 8.35. The molecular formula is C12H15NO. The summed E-state index contributed by atoms with van der Waals surface area (Å²) in [5, 5.41) is 10.3. The van der Waals surface area contributed by atoms with Gasteiger partial charge in [-0.3, -0.25) is 0 Å². The Bertz CT molecular complexity index is 419. The second-order valence-electron chi connectivity index (χ2n) is 3.81. The van der Waals surface area contributed by atoms with E-state index in [2.05, 4.69) is 35.9 Å². The zero-order chi connectivity index (χ0) is 9.97. The molecule has 74 valence electrons. The van der Waals surface area contributed by atoms with Crippen molar-refractivity contribution in [3.8, 4) is 0 Å². The third-order valence-electron chi connectivity index (χ3n) is 2.50. The van der Waals surface area contributed by atoms with E-state index in [9.17, 15) is 0 Å². The van der Waals surface area contributed by atoms with Crippen molar-refractivity contribution >= 4 is 10.9 Å². The van der Waals surface area contributed by atoms with Gasteiger partial charge in [0.05, 0.1) is 0 Å². The van der Waals surface area contributed by atoms with Gasteiger partial charge in [-0.25, -0.2) is 0 Å². The lowest BCUT2D eigenvalue weighted by atomic mass is 10.2. The summed E-state index contributed by atoms with van der Waals surface area (Å²) in [7, 11) is 0. The van der Waals surface area contributed by atoms with Gasteiger partial charge in [0.2, 0.25) is 0 Å². The highest BCUT2D eigenvalue weighted by molar-refractivity contribution is 5.79. The highest BCUT2D eigenvalue weighted by Gasteiger charge is 2.03. The molecule has 2 heteroatoms. The number of rotatable bonds is 3. The predicted molar refractivity (Wildman–Crippen MR) is 58.2 cm³/mol. The molecule has 1 N–H and O–H groups in total. The van der Waals surface area contributed by atoms with Crippen LogP contribution < -0.4 is 0 Å². The van der Waals surface area contributed by atoms with E-state index in [1.165, 1.54) is 10.9 Å². The first-order valence-corrected chi connectivity index (χ1v) is 4.96. The van der Waals surface area contributed by atoms with Crippen LogP contribution in [-0.4, -0.2) is 16.3 Å². The summed E-state index contributed by atoms with van der Waals surface area (Å²) in [5.74, 6) is 0.311. The molecule has 0 aliphatic heterocycles. The number of aromatic nitrogens is 1. The Kier molecular flexibility index (Phi) is 2.55. The van der Waals surface area contributed by atoms with Gasteiger partial charge in [0, 0.05) is 24.9 Å². The monoisotopic (exact) mass is 189 g/mol. The fourth-order valence-electron chi connectivity index (χ4n) is 1.69. The molecule has 0 saturated heterocycles. The summed E-state index contributed by atoms with van der Waals surface area (Å²) in [6, 6.07) is 10.4. The smallest absolute Gasteiger partial charge is 0.0480 e. The van der Waals surface area contributed by atoms with E-state index in [4.69, 9.17) is 5.11 Å². The van der Waals surface area contributed by atoms with Crippen molar-refractivity contribution in [2.24, 2.45) is 5.92 Å². The summed E-state index contributed by atoms with van der Waals surface area (Å²) in [5.41, 5.74) is 1.24. The summed E-state index contributed by atoms with van der Waals surface area (Å²) < 4.78 is 2.19. The molecule has 0 amide bonds. The van der Waals surface area contributed by atoms with Crippen LogP contribution in [0.1, 0.15) is 6.92 Å². The molecule has 2 aromatic rings. The van der Waals surface area contributed by atoms with Gasteiger partial charge in [-0.05, 0) is 23.4 Å². The molecule has 1 aromatic carbocycles. The van der Waals surface area contributed by atoms with Gasteiger partial charge in [0.15, 0.2) is 0 Å². The van der Waals surface area contributed by atoms with Gasteiger partial charge < -0.3 is 9.67 Å². The van der Waals surface area contributed by atoms with Crippen molar-refractivity contribution in [1.82, 2.24) is 4.57 Å². The van der Waals surface area contributed by atoms with Gasteiger partial charge in [-0.1, -0.05) is 25.1 Å². The molecule has 0 spiro atoms. The van der Waals surface area contributed by atoms with Crippen molar-refractivity contribution in [3.05, 3.63) is 36.5 Å². The summed E-state index contributed by atoms with van der Waals surface area (Å²) in [6.07, 6.45) is 2.08. The Morgan fingerprint density at radius 2 is 2.07 bits per heavy atom. The maximum absolute atomic E-state index is 8.99. The molecule has 14 heavy (non-hydrogen) atoms. The van der Waals surface area contributed by atoms with Crippen molar-refractivity contribution in [2.75, 3.05) is 6.61 Å². The van der Waals surface area contributed by atoms with E-state index in [0.29, 0.717) is 5.92 Å².